The Kier molecular flexibility index (Phi) is 4.76. The Balaban J connectivity index is 1.54. The summed E-state index contributed by atoms with van der Waals surface area (Å²) in [6.07, 6.45) is 4.84. The highest BCUT2D eigenvalue weighted by Crippen LogP contribution is 2.24. The third-order valence-corrected chi connectivity index (χ3v) is 4.26. The molecule has 0 atom stereocenters. The summed E-state index contributed by atoms with van der Waals surface area (Å²) in [6.45, 7) is 1.56. The fourth-order valence-corrected chi connectivity index (χ4v) is 2.56. The third-order valence-electron chi connectivity index (χ3n) is 4.26. The molecule has 122 valence electrons. The van der Waals surface area contributed by atoms with Crippen molar-refractivity contribution in [3.8, 4) is 0 Å². The molecular weight excluding hydrogens is 290 g/mol. The van der Waals surface area contributed by atoms with Crippen LogP contribution < -0.4 is 0 Å². The standard InChI is InChI=1S/C18H23N3O2/c1-20(15-8-9-15)10-11-21(2)18(22)17-19-13-16(23-17)12-14-6-4-3-5-7-14/h3-7,13,15H,8-12H2,1-2H3. The number of oxazole rings is 1. The van der Waals surface area contributed by atoms with E-state index in [4.69, 9.17) is 4.42 Å². The molecule has 23 heavy (non-hydrogen) atoms. The van der Waals surface area contributed by atoms with Gasteiger partial charge in [0.15, 0.2) is 0 Å². The van der Waals surface area contributed by atoms with Crippen molar-refractivity contribution in [3.63, 3.8) is 0 Å². The van der Waals surface area contributed by atoms with E-state index in [1.165, 1.54) is 12.8 Å². The van der Waals surface area contributed by atoms with Crippen molar-refractivity contribution in [1.29, 1.82) is 0 Å². The highest BCUT2D eigenvalue weighted by Gasteiger charge is 2.26. The summed E-state index contributed by atoms with van der Waals surface area (Å²) in [7, 11) is 3.91. The SMILES string of the molecule is CN(CCN(C)C1CC1)C(=O)c1ncc(Cc2ccccc2)o1. The lowest BCUT2D eigenvalue weighted by atomic mass is 10.1. The monoisotopic (exact) mass is 313 g/mol. The van der Waals surface area contributed by atoms with Crippen molar-refractivity contribution < 1.29 is 9.21 Å². The van der Waals surface area contributed by atoms with E-state index in [0.717, 1.165) is 12.1 Å². The first kappa shape index (κ1) is 15.7. The van der Waals surface area contributed by atoms with Gasteiger partial charge in [-0.05, 0) is 25.5 Å². The fraction of sp³-hybridized carbons (Fsp3) is 0.444. The molecule has 0 aliphatic heterocycles. The number of nitrogens with zero attached hydrogens (tertiary/aromatic N) is 3. The first-order valence-electron chi connectivity index (χ1n) is 8.08. The minimum atomic E-state index is -0.159. The smallest absolute Gasteiger partial charge is 0.309 e. The summed E-state index contributed by atoms with van der Waals surface area (Å²) in [5, 5.41) is 0. The van der Waals surface area contributed by atoms with Gasteiger partial charge in [0, 0.05) is 32.6 Å². The average Bonchev–Trinajstić information content (AvgIpc) is 3.32. The highest BCUT2D eigenvalue weighted by atomic mass is 16.4. The van der Waals surface area contributed by atoms with E-state index < -0.39 is 0 Å². The summed E-state index contributed by atoms with van der Waals surface area (Å²) in [5.74, 6) is 0.726. The van der Waals surface area contributed by atoms with E-state index in [0.29, 0.717) is 24.8 Å². The lowest BCUT2D eigenvalue weighted by Crippen LogP contribution is -2.35. The fourth-order valence-electron chi connectivity index (χ4n) is 2.56. The van der Waals surface area contributed by atoms with Crippen molar-refractivity contribution in [3.05, 3.63) is 53.7 Å². The Morgan fingerprint density at radius 2 is 1.96 bits per heavy atom. The number of hydrogen-bond donors (Lipinski definition) is 0. The zero-order valence-corrected chi connectivity index (χ0v) is 13.7. The summed E-state index contributed by atoms with van der Waals surface area (Å²) in [6, 6.07) is 10.7. The number of benzene rings is 1. The van der Waals surface area contributed by atoms with Gasteiger partial charge in [0.1, 0.15) is 5.76 Å². The first-order chi connectivity index (χ1) is 11.1. The predicted molar refractivity (Wildman–Crippen MR) is 88.4 cm³/mol. The van der Waals surface area contributed by atoms with Gasteiger partial charge < -0.3 is 14.2 Å². The van der Waals surface area contributed by atoms with Crippen molar-refractivity contribution in [1.82, 2.24) is 14.8 Å². The molecule has 3 rings (SSSR count). The molecule has 5 heteroatoms. The second-order valence-electron chi connectivity index (χ2n) is 6.23. The maximum atomic E-state index is 12.4. The maximum absolute atomic E-state index is 12.4. The van der Waals surface area contributed by atoms with Crippen molar-refractivity contribution in [2.75, 3.05) is 27.2 Å². The Bertz CT molecular complexity index is 649. The molecule has 1 aromatic heterocycles. The number of carbonyl (C=O) groups is 1. The molecule has 2 aromatic rings. The van der Waals surface area contributed by atoms with Crippen molar-refractivity contribution >= 4 is 5.91 Å². The van der Waals surface area contributed by atoms with Gasteiger partial charge in [0.25, 0.3) is 5.89 Å². The Morgan fingerprint density at radius 1 is 1.22 bits per heavy atom. The zero-order valence-electron chi connectivity index (χ0n) is 13.7. The number of amides is 1. The van der Waals surface area contributed by atoms with Crippen molar-refractivity contribution in [2.24, 2.45) is 0 Å². The molecule has 1 aliphatic rings. The lowest BCUT2D eigenvalue weighted by Gasteiger charge is -2.20. The number of aromatic nitrogens is 1. The number of rotatable bonds is 7. The van der Waals surface area contributed by atoms with Crippen LogP contribution in [0.4, 0.5) is 0 Å². The van der Waals surface area contributed by atoms with Crippen LogP contribution in [0.15, 0.2) is 40.9 Å². The van der Waals surface area contributed by atoms with Gasteiger partial charge >= 0.3 is 5.91 Å². The second-order valence-corrected chi connectivity index (χ2v) is 6.23. The van der Waals surface area contributed by atoms with Crippen LogP contribution >= 0.6 is 0 Å². The second kappa shape index (κ2) is 6.96. The van der Waals surface area contributed by atoms with E-state index in [1.807, 2.05) is 30.3 Å². The van der Waals surface area contributed by atoms with Gasteiger partial charge in [-0.25, -0.2) is 4.98 Å². The molecule has 0 saturated heterocycles. The molecular formula is C18H23N3O2. The van der Waals surface area contributed by atoms with Gasteiger partial charge in [-0.15, -0.1) is 0 Å². The molecule has 0 spiro atoms. The Hall–Kier alpha value is -2.14. The van der Waals surface area contributed by atoms with Crippen LogP contribution in [-0.4, -0.2) is 53.9 Å². The molecule has 1 fully saturated rings. The van der Waals surface area contributed by atoms with Crippen LogP contribution in [0.25, 0.3) is 0 Å². The number of carbonyl (C=O) groups excluding carboxylic acids is 1. The third kappa shape index (κ3) is 4.20. The maximum Gasteiger partial charge on any atom is 0.309 e. The van der Waals surface area contributed by atoms with Crippen LogP contribution in [0.5, 0.6) is 0 Å². The summed E-state index contributed by atoms with van der Waals surface area (Å²) in [5.41, 5.74) is 1.14. The quantitative estimate of drug-likeness (QED) is 0.788. The molecule has 5 nitrogen and oxygen atoms in total. The summed E-state index contributed by atoms with van der Waals surface area (Å²) < 4.78 is 5.62. The van der Waals surface area contributed by atoms with E-state index in [1.54, 1.807) is 18.1 Å². The summed E-state index contributed by atoms with van der Waals surface area (Å²) >= 11 is 0. The topological polar surface area (TPSA) is 49.6 Å². The van der Waals surface area contributed by atoms with Crippen LogP contribution in [0.3, 0.4) is 0 Å². The molecule has 1 amide bonds. The number of likely N-dealkylation sites (N-methyl/N-ethyl adjacent to an activating group) is 2. The minimum Gasteiger partial charge on any atom is -0.437 e. The van der Waals surface area contributed by atoms with Gasteiger partial charge in [-0.3, -0.25) is 4.79 Å². The lowest BCUT2D eigenvalue weighted by molar-refractivity contribution is 0.0740. The van der Waals surface area contributed by atoms with Crippen LogP contribution in [0, 0.1) is 0 Å². The number of hydrogen-bond acceptors (Lipinski definition) is 4. The van der Waals surface area contributed by atoms with Crippen LogP contribution in [-0.2, 0) is 6.42 Å². The van der Waals surface area contributed by atoms with E-state index in [2.05, 4.69) is 16.9 Å². The Labute approximate surface area is 136 Å². The van der Waals surface area contributed by atoms with E-state index in [9.17, 15) is 4.79 Å². The molecule has 1 saturated carbocycles. The molecule has 1 aliphatic carbocycles. The van der Waals surface area contributed by atoms with E-state index in [-0.39, 0.29) is 11.8 Å². The van der Waals surface area contributed by atoms with Crippen LogP contribution in [0.2, 0.25) is 0 Å². The molecule has 0 bridgehead atoms. The largest absolute Gasteiger partial charge is 0.437 e. The molecule has 1 heterocycles. The van der Waals surface area contributed by atoms with Crippen LogP contribution in [0.1, 0.15) is 34.9 Å². The van der Waals surface area contributed by atoms with Crippen molar-refractivity contribution in [2.45, 2.75) is 25.3 Å². The molecule has 1 aromatic carbocycles. The van der Waals surface area contributed by atoms with E-state index >= 15 is 0 Å². The first-order valence-corrected chi connectivity index (χ1v) is 8.08. The van der Waals surface area contributed by atoms with Gasteiger partial charge in [0.05, 0.1) is 6.20 Å². The summed E-state index contributed by atoms with van der Waals surface area (Å²) in [4.78, 5) is 20.5. The van der Waals surface area contributed by atoms with Gasteiger partial charge in [-0.1, -0.05) is 30.3 Å². The zero-order chi connectivity index (χ0) is 16.2. The normalized spacial score (nSPS) is 14.2. The minimum absolute atomic E-state index is 0.159. The molecule has 0 unspecified atom stereocenters. The van der Waals surface area contributed by atoms with Gasteiger partial charge in [-0.2, -0.15) is 0 Å². The van der Waals surface area contributed by atoms with Gasteiger partial charge in [0.2, 0.25) is 0 Å². The molecule has 0 N–H and O–H groups in total. The molecule has 0 radical (unpaired) electrons. The highest BCUT2D eigenvalue weighted by molar-refractivity contribution is 5.89. The average molecular weight is 313 g/mol. The predicted octanol–water partition coefficient (Wildman–Crippen LogP) is 2.43. The Morgan fingerprint density at radius 3 is 2.65 bits per heavy atom.